The van der Waals surface area contributed by atoms with Crippen LogP contribution in [0.15, 0.2) is 109 Å². The first-order valence-electron chi connectivity index (χ1n) is 17.3. The Morgan fingerprint density at radius 1 is 0.566 bits per heavy atom. The third-order valence-corrected chi connectivity index (χ3v) is 8.08. The van der Waals surface area contributed by atoms with Gasteiger partial charge in [-0.25, -0.2) is 4.79 Å². The van der Waals surface area contributed by atoms with E-state index in [1.807, 2.05) is 12.1 Å². The van der Waals surface area contributed by atoms with Crippen LogP contribution in [0.3, 0.4) is 0 Å². The number of nitrogens with zero attached hydrogens (tertiary/aromatic N) is 2. The molecule has 11 nitrogen and oxygen atoms in total. The van der Waals surface area contributed by atoms with Crippen LogP contribution >= 0.6 is 0 Å². The predicted molar refractivity (Wildman–Crippen MR) is 205 cm³/mol. The second-order valence-electron chi connectivity index (χ2n) is 13.1. The van der Waals surface area contributed by atoms with E-state index in [1.165, 1.54) is 33.4 Å². The molecule has 0 aliphatic heterocycles. The van der Waals surface area contributed by atoms with Crippen molar-refractivity contribution in [3.05, 3.63) is 143 Å². The molecule has 286 valence electrons. The average Bonchev–Trinajstić information content (AvgIpc) is 3.10. The summed E-state index contributed by atoms with van der Waals surface area (Å²) in [7, 11) is 8.26. The van der Waals surface area contributed by atoms with Crippen molar-refractivity contribution in [1.29, 1.82) is 0 Å². The Hall–Kier alpha value is -4.91. The number of hydrogen-bond donors (Lipinski definition) is 4. The molecule has 2 unspecified atom stereocenters. The number of carboxylic acid groups (broad SMARTS) is 3. The number of likely N-dealkylation sites (N-methyl/N-ethyl adjacent to an activating group) is 2. The zero-order valence-corrected chi connectivity index (χ0v) is 31.5. The van der Waals surface area contributed by atoms with Crippen LogP contribution in [0, 0.1) is 13.8 Å². The third-order valence-electron chi connectivity index (χ3n) is 8.08. The smallest absolute Gasteiger partial charge is 0.336 e. The fourth-order valence-corrected chi connectivity index (χ4v) is 5.17. The monoisotopic (exact) mass is 730 g/mol. The Kier molecular flexibility index (Phi) is 19.1. The van der Waals surface area contributed by atoms with Crippen molar-refractivity contribution in [1.82, 2.24) is 9.80 Å². The van der Waals surface area contributed by atoms with Gasteiger partial charge >= 0.3 is 17.9 Å². The van der Waals surface area contributed by atoms with Crippen LogP contribution in [0.2, 0.25) is 0 Å². The Labute approximate surface area is 313 Å². The van der Waals surface area contributed by atoms with E-state index in [4.69, 9.17) is 29.9 Å². The highest BCUT2D eigenvalue weighted by molar-refractivity contribution is 5.88. The maximum Gasteiger partial charge on any atom is 0.336 e. The number of ether oxygens (including phenoxy) is 2. The van der Waals surface area contributed by atoms with Crippen LogP contribution in [0.1, 0.15) is 58.4 Å². The lowest BCUT2D eigenvalue weighted by Gasteiger charge is -2.22. The van der Waals surface area contributed by atoms with Gasteiger partial charge < -0.3 is 39.7 Å². The number of aliphatic hydroxyl groups is 1. The normalized spacial score (nSPS) is 12.2. The largest absolute Gasteiger partial charge is 0.481 e. The fraction of sp³-hybridized carbons (Fsp3) is 0.357. The second-order valence-corrected chi connectivity index (χ2v) is 13.1. The first-order valence-corrected chi connectivity index (χ1v) is 17.3. The highest BCUT2D eigenvalue weighted by Gasteiger charge is 2.40. The van der Waals surface area contributed by atoms with Crippen molar-refractivity contribution in [2.45, 2.75) is 44.5 Å². The molecule has 0 aliphatic rings. The van der Waals surface area contributed by atoms with E-state index in [2.05, 4.69) is 149 Å². The van der Waals surface area contributed by atoms with E-state index in [0.29, 0.717) is 0 Å². The Bertz CT molecular complexity index is 1570. The number of carboxylic acids is 3. The summed E-state index contributed by atoms with van der Waals surface area (Å²) in [6.07, 6.45) is -2.27. The number of rotatable bonds is 17. The summed E-state index contributed by atoms with van der Waals surface area (Å²) < 4.78 is 12.3. The van der Waals surface area contributed by atoms with Gasteiger partial charge in [0.25, 0.3) is 0 Å². The van der Waals surface area contributed by atoms with Crippen LogP contribution in [0.4, 0.5) is 0 Å². The van der Waals surface area contributed by atoms with Crippen LogP contribution in [0.5, 0.6) is 0 Å². The number of hydrogen-bond acceptors (Lipinski definition) is 8. The Balaban J connectivity index is 0.000000283. The van der Waals surface area contributed by atoms with E-state index in [9.17, 15) is 14.4 Å². The molecular weight excluding hydrogens is 676 g/mol. The predicted octanol–water partition coefficient (Wildman–Crippen LogP) is 6.08. The number of aliphatic carboxylic acids is 3. The lowest BCUT2D eigenvalue weighted by atomic mass is 9.96. The van der Waals surface area contributed by atoms with Crippen molar-refractivity contribution in [3.63, 3.8) is 0 Å². The van der Waals surface area contributed by atoms with Crippen LogP contribution in [-0.2, 0) is 23.9 Å². The van der Waals surface area contributed by atoms with Crippen molar-refractivity contribution in [3.8, 4) is 0 Å². The molecule has 0 radical (unpaired) electrons. The Morgan fingerprint density at radius 3 is 1.17 bits per heavy atom. The lowest BCUT2D eigenvalue weighted by Crippen LogP contribution is -2.42. The lowest BCUT2D eigenvalue weighted by molar-refractivity contribution is -0.170. The summed E-state index contributed by atoms with van der Waals surface area (Å²) in [5.74, 6) is -5.02. The molecule has 0 aliphatic carbocycles. The molecule has 0 fully saturated rings. The summed E-state index contributed by atoms with van der Waals surface area (Å²) in [5.41, 5.74) is 4.71. The molecule has 0 aromatic heterocycles. The molecule has 2 atom stereocenters. The van der Waals surface area contributed by atoms with E-state index in [1.54, 1.807) is 0 Å². The van der Waals surface area contributed by atoms with Gasteiger partial charge in [0.05, 0.1) is 26.1 Å². The van der Waals surface area contributed by atoms with Crippen molar-refractivity contribution >= 4 is 17.9 Å². The molecule has 4 rings (SSSR count). The first kappa shape index (κ1) is 44.3. The van der Waals surface area contributed by atoms with Gasteiger partial charge in [-0.2, -0.15) is 0 Å². The van der Waals surface area contributed by atoms with Gasteiger partial charge in [0.2, 0.25) is 0 Å². The zero-order chi connectivity index (χ0) is 39.4. The van der Waals surface area contributed by atoms with Gasteiger partial charge in [-0.05, 0) is 75.4 Å². The van der Waals surface area contributed by atoms with Gasteiger partial charge in [0.1, 0.15) is 12.2 Å². The molecule has 4 aromatic rings. The highest BCUT2D eigenvalue weighted by atomic mass is 16.5. The van der Waals surface area contributed by atoms with Crippen molar-refractivity contribution in [2.75, 3.05) is 54.5 Å². The summed E-state index contributed by atoms with van der Waals surface area (Å²) in [5, 5.41) is 33.8. The quantitative estimate of drug-likeness (QED) is 0.0999. The van der Waals surface area contributed by atoms with E-state index in [0.717, 1.165) is 26.3 Å². The molecule has 53 heavy (non-hydrogen) atoms. The maximum absolute atomic E-state index is 10.3. The molecule has 4 aromatic carbocycles. The highest BCUT2D eigenvalue weighted by Crippen LogP contribution is 2.29. The van der Waals surface area contributed by atoms with Crippen molar-refractivity contribution in [2.24, 2.45) is 0 Å². The number of aryl methyl sites for hydroxylation is 2. The Morgan fingerprint density at radius 2 is 0.887 bits per heavy atom. The minimum absolute atomic E-state index is 0.0114. The van der Waals surface area contributed by atoms with Crippen LogP contribution in [-0.4, -0.2) is 108 Å². The topological polar surface area (TPSA) is 157 Å². The van der Waals surface area contributed by atoms with Gasteiger partial charge in [-0.3, -0.25) is 9.59 Å². The summed E-state index contributed by atoms with van der Waals surface area (Å²) in [6.45, 7) is 7.58. The van der Waals surface area contributed by atoms with Gasteiger partial charge in [0, 0.05) is 13.1 Å². The van der Waals surface area contributed by atoms with E-state index >= 15 is 0 Å². The SMILES string of the molecule is Cc1ccccc1C(OCCN(C)C)c1ccccc1.Cc1ccccc1C(OCCN(C)C)c1ccccc1.O=C(O)CC(O)(CC(=O)O)C(=O)O. The van der Waals surface area contributed by atoms with Gasteiger partial charge in [-0.1, -0.05) is 109 Å². The van der Waals surface area contributed by atoms with Crippen LogP contribution < -0.4 is 0 Å². The van der Waals surface area contributed by atoms with Gasteiger partial charge in [0.15, 0.2) is 5.60 Å². The zero-order valence-electron chi connectivity index (χ0n) is 31.5. The summed E-state index contributed by atoms with van der Waals surface area (Å²) in [4.78, 5) is 34.8. The molecule has 0 bridgehead atoms. The minimum Gasteiger partial charge on any atom is -0.481 e. The molecule has 0 spiro atoms. The van der Waals surface area contributed by atoms with Gasteiger partial charge in [-0.15, -0.1) is 0 Å². The third kappa shape index (κ3) is 16.1. The minimum atomic E-state index is -2.74. The molecule has 11 heteroatoms. The van der Waals surface area contributed by atoms with Crippen molar-refractivity contribution < 1.29 is 44.3 Å². The summed E-state index contributed by atoms with van der Waals surface area (Å²) >= 11 is 0. The molecule has 0 saturated carbocycles. The standard InChI is InChI=1S/2C18H23NO.C6H8O7/c2*1-15-9-7-8-12-17(15)18(20-14-13-19(2)3)16-10-5-4-6-11-16;7-3(8)1-6(13,5(11)12)2-4(9)10/h2*4-12,18H,13-14H2,1-3H3;13H,1-2H2,(H,7,8)(H,9,10)(H,11,12). The molecule has 4 N–H and O–H groups in total. The second kappa shape index (κ2) is 22.9. The summed E-state index contributed by atoms with van der Waals surface area (Å²) in [6, 6.07) is 37.8. The molecule has 0 amide bonds. The fourth-order valence-electron chi connectivity index (χ4n) is 5.17. The number of carbonyl (C=O) groups is 3. The first-order chi connectivity index (χ1) is 25.1. The molecule has 0 heterocycles. The van der Waals surface area contributed by atoms with Crippen LogP contribution in [0.25, 0.3) is 0 Å². The van der Waals surface area contributed by atoms with E-state index < -0.39 is 36.4 Å². The maximum atomic E-state index is 10.3. The molecule has 0 saturated heterocycles. The average molecular weight is 731 g/mol. The molecular formula is C42H54N2O9. The number of benzene rings is 4. The van der Waals surface area contributed by atoms with E-state index in [-0.39, 0.29) is 12.2 Å².